The topological polar surface area (TPSA) is 72.9 Å². The number of carbonyl (C=O) groups is 2. The molecule has 2 N–H and O–H groups in total. The van der Waals surface area contributed by atoms with E-state index in [9.17, 15) is 27.9 Å². The van der Waals surface area contributed by atoms with Crippen molar-refractivity contribution in [3.05, 3.63) is 64.7 Å². The van der Waals surface area contributed by atoms with Gasteiger partial charge in [-0.15, -0.1) is 0 Å². The summed E-state index contributed by atoms with van der Waals surface area (Å²) in [6.45, 7) is 7.66. The molecule has 0 aromatic heterocycles. The minimum absolute atomic E-state index is 0.00703. The quantitative estimate of drug-likeness (QED) is 0.425. The lowest BCUT2D eigenvalue weighted by Crippen LogP contribution is -2.55. The second-order valence-electron chi connectivity index (χ2n) is 11.5. The third kappa shape index (κ3) is 5.55. The predicted octanol–water partition coefficient (Wildman–Crippen LogP) is 5.63. The number of rotatable bonds is 8. The van der Waals surface area contributed by atoms with Crippen LogP contribution in [0.1, 0.15) is 56.0 Å². The van der Waals surface area contributed by atoms with Crippen LogP contribution in [0.5, 0.6) is 0 Å². The molecule has 2 aromatic carbocycles. The molecule has 0 unspecified atom stereocenters. The zero-order valence-electron chi connectivity index (χ0n) is 23.3. The van der Waals surface area contributed by atoms with Gasteiger partial charge in [-0.2, -0.15) is 13.2 Å². The van der Waals surface area contributed by atoms with Crippen molar-refractivity contribution < 1.29 is 27.9 Å². The number of amides is 2. The van der Waals surface area contributed by atoms with Crippen molar-refractivity contribution in [2.24, 2.45) is 17.3 Å². The fourth-order valence-electron chi connectivity index (χ4n) is 6.37. The second kappa shape index (κ2) is 11.2. The molecule has 2 amide bonds. The van der Waals surface area contributed by atoms with E-state index < -0.39 is 23.2 Å². The van der Waals surface area contributed by atoms with Crippen molar-refractivity contribution in [2.45, 2.75) is 57.9 Å². The van der Waals surface area contributed by atoms with Crippen LogP contribution in [0, 0.1) is 17.3 Å². The van der Waals surface area contributed by atoms with E-state index in [4.69, 9.17) is 11.6 Å². The van der Waals surface area contributed by atoms with Gasteiger partial charge in [0.25, 0.3) is 17.4 Å². The van der Waals surface area contributed by atoms with E-state index in [1.807, 2.05) is 26.0 Å². The first-order chi connectivity index (χ1) is 18.7. The molecule has 1 aliphatic carbocycles. The maximum atomic E-state index is 13.9. The van der Waals surface area contributed by atoms with Gasteiger partial charge in [0.2, 0.25) is 0 Å². The molecular formula is C30H37ClF3N3O3. The molecule has 2 aromatic rings. The average Bonchev–Trinajstić information content (AvgIpc) is 3.45. The van der Waals surface area contributed by atoms with Gasteiger partial charge in [0, 0.05) is 44.0 Å². The van der Waals surface area contributed by atoms with Crippen LogP contribution in [-0.2, 0) is 10.4 Å². The van der Waals surface area contributed by atoms with Gasteiger partial charge < -0.3 is 20.2 Å². The van der Waals surface area contributed by atoms with Gasteiger partial charge >= 0.3 is 6.18 Å². The minimum Gasteiger partial charge on any atom is -0.371 e. The Bertz CT molecular complexity index is 1230. The van der Waals surface area contributed by atoms with Crippen molar-refractivity contribution in [1.82, 2.24) is 10.2 Å². The van der Waals surface area contributed by atoms with Crippen LogP contribution in [0.15, 0.2) is 48.5 Å². The van der Waals surface area contributed by atoms with Gasteiger partial charge in [-0.1, -0.05) is 48.9 Å². The minimum atomic E-state index is -5.15. The Kier molecular flexibility index (Phi) is 8.48. The summed E-state index contributed by atoms with van der Waals surface area (Å²) in [5.74, 6) is -0.906. The van der Waals surface area contributed by atoms with Gasteiger partial charge in [0.15, 0.2) is 0 Å². The molecule has 1 saturated carbocycles. The van der Waals surface area contributed by atoms with E-state index in [2.05, 4.69) is 17.1 Å². The van der Waals surface area contributed by atoms with E-state index in [1.54, 1.807) is 6.07 Å². The zero-order valence-corrected chi connectivity index (χ0v) is 24.0. The van der Waals surface area contributed by atoms with Crippen LogP contribution in [0.25, 0.3) is 0 Å². The highest BCUT2D eigenvalue weighted by atomic mass is 35.5. The number of halogens is 4. The fraction of sp³-hybridized carbons (Fsp3) is 0.533. The van der Waals surface area contributed by atoms with E-state index in [1.165, 1.54) is 25.2 Å². The number of aliphatic hydroxyl groups is 1. The summed E-state index contributed by atoms with van der Waals surface area (Å²) in [6, 6.07) is 12.0. The van der Waals surface area contributed by atoms with Gasteiger partial charge in [-0.05, 0) is 68.6 Å². The highest BCUT2D eigenvalue weighted by molar-refractivity contribution is 6.34. The molecular weight excluding hydrogens is 543 g/mol. The van der Waals surface area contributed by atoms with Crippen LogP contribution < -0.4 is 10.2 Å². The predicted molar refractivity (Wildman–Crippen MR) is 149 cm³/mol. The molecule has 0 radical (unpaired) electrons. The van der Waals surface area contributed by atoms with Crippen LogP contribution >= 0.6 is 11.6 Å². The summed E-state index contributed by atoms with van der Waals surface area (Å²) in [5.41, 5.74) is -2.61. The fourth-order valence-corrected chi connectivity index (χ4v) is 6.63. The second-order valence-corrected chi connectivity index (χ2v) is 11.9. The molecule has 1 aliphatic heterocycles. The van der Waals surface area contributed by atoms with Gasteiger partial charge in [0.1, 0.15) is 0 Å². The van der Waals surface area contributed by atoms with Crippen LogP contribution in [-0.4, -0.2) is 60.7 Å². The Morgan fingerprint density at radius 2 is 1.77 bits per heavy atom. The van der Waals surface area contributed by atoms with E-state index in [-0.39, 0.29) is 29.8 Å². The van der Waals surface area contributed by atoms with E-state index >= 15 is 0 Å². The van der Waals surface area contributed by atoms with Crippen molar-refractivity contribution in [1.29, 1.82) is 0 Å². The molecule has 1 saturated heterocycles. The maximum Gasteiger partial charge on any atom is 0.430 e. The van der Waals surface area contributed by atoms with Crippen LogP contribution in [0.2, 0.25) is 5.02 Å². The lowest BCUT2D eigenvalue weighted by molar-refractivity contribution is -0.261. The Balaban J connectivity index is 1.35. The monoisotopic (exact) mass is 579 g/mol. The van der Waals surface area contributed by atoms with Crippen molar-refractivity contribution in [3.63, 3.8) is 0 Å². The molecule has 4 rings (SSSR count). The number of nitrogens with zero attached hydrogens (tertiary/aromatic N) is 2. The molecule has 6 nitrogen and oxygen atoms in total. The largest absolute Gasteiger partial charge is 0.430 e. The summed E-state index contributed by atoms with van der Waals surface area (Å²) in [6.07, 6.45) is -2.75. The molecule has 1 heterocycles. The Morgan fingerprint density at radius 3 is 2.33 bits per heavy atom. The highest BCUT2D eigenvalue weighted by Crippen LogP contribution is 2.66. The summed E-state index contributed by atoms with van der Waals surface area (Å²) in [7, 11) is 1.32. The first-order valence-electron chi connectivity index (χ1n) is 13.7. The number of anilines is 1. The number of piperidine rings is 1. The normalized spacial score (nSPS) is 21.7. The standard InChI is InChI=1S/C30H37ClF3N3O3/c1-19(2)35-26(38)23-11-10-22(18-25(23)31)37-16-13-28(14-17-37)20(3)24(28)12-15-36(4)27(39)29(40,30(32,33)34)21-8-6-5-7-9-21/h5-11,18-20,24,40H,12-17H2,1-4H3,(H,35,38)/t20-,24+,29+/m0/s1. The Labute approximate surface area is 238 Å². The smallest absolute Gasteiger partial charge is 0.371 e. The summed E-state index contributed by atoms with van der Waals surface area (Å²) in [5, 5.41) is 13.9. The number of likely N-dealkylation sites (N-methyl/N-ethyl adjacent to an activating group) is 1. The third-order valence-corrected chi connectivity index (χ3v) is 9.16. The molecule has 1 spiro atoms. The van der Waals surface area contributed by atoms with Crippen LogP contribution in [0.3, 0.4) is 0 Å². The van der Waals surface area contributed by atoms with Crippen molar-refractivity contribution in [2.75, 3.05) is 31.6 Å². The van der Waals surface area contributed by atoms with Gasteiger partial charge in [-0.25, -0.2) is 0 Å². The average molecular weight is 580 g/mol. The number of nitrogens with one attached hydrogen (secondary N) is 1. The highest BCUT2D eigenvalue weighted by Gasteiger charge is 2.63. The summed E-state index contributed by atoms with van der Waals surface area (Å²) >= 11 is 6.43. The molecule has 10 heteroatoms. The van der Waals surface area contributed by atoms with Gasteiger partial charge in [-0.3, -0.25) is 9.59 Å². The number of hydrogen-bond donors (Lipinski definition) is 2. The molecule has 3 atom stereocenters. The molecule has 40 heavy (non-hydrogen) atoms. The van der Waals surface area contributed by atoms with E-state index in [0.29, 0.717) is 22.9 Å². The number of carbonyl (C=O) groups excluding carboxylic acids is 2. The number of benzene rings is 2. The lowest BCUT2D eigenvalue weighted by atomic mass is 9.88. The lowest BCUT2D eigenvalue weighted by Gasteiger charge is -2.36. The Morgan fingerprint density at radius 1 is 1.15 bits per heavy atom. The Hall–Kier alpha value is -2.78. The molecule has 2 fully saturated rings. The van der Waals surface area contributed by atoms with Gasteiger partial charge in [0.05, 0.1) is 10.6 Å². The SMILES string of the molecule is CC(C)NC(=O)c1ccc(N2CCC3(CC2)[C@H](CCN(C)C(=O)[C@](O)(c2ccccc2)C(F)(F)F)[C@@H]3C)cc1Cl. The number of alkyl halides is 3. The third-order valence-electron chi connectivity index (χ3n) is 8.85. The summed E-state index contributed by atoms with van der Waals surface area (Å²) in [4.78, 5) is 28.6. The van der Waals surface area contributed by atoms with Crippen LogP contribution in [0.4, 0.5) is 18.9 Å². The van der Waals surface area contributed by atoms with Crippen molar-refractivity contribution >= 4 is 29.1 Å². The maximum absolute atomic E-state index is 13.9. The molecule has 218 valence electrons. The molecule has 0 bridgehead atoms. The number of hydrogen-bond acceptors (Lipinski definition) is 4. The van der Waals surface area contributed by atoms with Crippen molar-refractivity contribution in [3.8, 4) is 0 Å². The first kappa shape index (κ1) is 30.2. The first-order valence-corrected chi connectivity index (χ1v) is 14.1. The zero-order chi connectivity index (χ0) is 29.5. The molecule has 2 aliphatic rings. The summed E-state index contributed by atoms with van der Waals surface area (Å²) < 4.78 is 41.8. The van der Waals surface area contributed by atoms with E-state index in [0.717, 1.165) is 48.7 Å².